The van der Waals surface area contributed by atoms with Gasteiger partial charge in [0.1, 0.15) is 0 Å². The summed E-state index contributed by atoms with van der Waals surface area (Å²) < 4.78 is 5.43. The number of hydrogen-bond donors (Lipinski definition) is 2. The number of hydrogen-bond acceptors (Lipinski definition) is 3. The van der Waals surface area contributed by atoms with Crippen molar-refractivity contribution < 1.29 is 9.53 Å². The number of ether oxygens (including phenoxy) is 1. The van der Waals surface area contributed by atoms with E-state index in [9.17, 15) is 4.79 Å². The van der Waals surface area contributed by atoms with Crippen LogP contribution in [0.1, 0.15) is 39.5 Å². The highest BCUT2D eigenvalue weighted by Gasteiger charge is 2.39. The van der Waals surface area contributed by atoms with Crippen molar-refractivity contribution in [2.24, 2.45) is 11.7 Å². The largest absolute Gasteiger partial charge is 0.378 e. The molecule has 0 heterocycles. The summed E-state index contributed by atoms with van der Waals surface area (Å²) in [6, 6.07) is 0.131. The molecule has 1 amide bonds. The van der Waals surface area contributed by atoms with Crippen molar-refractivity contribution in [1.29, 1.82) is 0 Å². The van der Waals surface area contributed by atoms with Gasteiger partial charge in [-0.25, -0.2) is 0 Å². The number of carbonyl (C=O) groups is 1. The van der Waals surface area contributed by atoms with E-state index in [1.54, 1.807) is 7.11 Å². The van der Waals surface area contributed by atoms with Crippen LogP contribution >= 0.6 is 0 Å². The highest BCUT2D eigenvalue weighted by molar-refractivity contribution is 5.77. The fourth-order valence-electron chi connectivity index (χ4n) is 1.97. The highest BCUT2D eigenvalue weighted by Crippen LogP contribution is 2.37. The van der Waals surface area contributed by atoms with E-state index in [0.29, 0.717) is 18.9 Å². The van der Waals surface area contributed by atoms with E-state index in [0.717, 1.165) is 19.3 Å². The van der Waals surface area contributed by atoms with Crippen LogP contribution in [0.4, 0.5) is 0 Å². The maximum absolute atomic E-state index is 11.8. The minimum Gasteiger partial charge on any atom is -0.378 e. The lowest BCUT2D eigenvalue weighted by atomic mass is 9.77. The molecule has 3 N–H and O–H groups in total. The molecule has 94 valence electrons. The average Bonchev–Trinajstić information content (AvgIpc) is 2.22. The Hall–Kier alpha value is -0.610. The SMILES string of the molecule is COC1(CC(=O)NC(C)C(C)CN)CCC1. The first-order valence-electron chi connectivity index (χ1n) is 6.07. The topological polar surface area (TPSA) is 64.3 Å². The molecule has 0 radical (unpaired) electrons. The first-order valence-corrected chi connectivity index (χ1v) is 6.07. The molecular formula is C12H24N2O2. The Kier molecular flexibility index (Phi) is 4.74. The molecule has 0 bridgehead atoms. The minimum atomic E-state index is -0.185. The molecule has 0 aromatic carbocycles. The summed E-state index contributed by atoms with van der Waals surface area (Å²) in [5.74, 6) is 0.387. The number of nitrogens with two attached hydrogens (primary N) is 1. The number of nitrogens with one attached hydrogen (secondary N) is 1. The maximum atomic E-state index is 11.8. The van der Waals surface area contributed by atoms with Crippen LogP contribution in [0.25, 0.3) is 0 Å². The van der Waals surface area contributed by atoms with Crippen molar-refractivity contribution in [1.82, 2.24) is 5.32 Å². The van der Waals surface area contributed by atoms with E-state index in [1.165, 1.54) is 0 Å². The molecule has 1 aliphatic rings. The molecule has 4 heteroatoms. The monoisotopic (exact) mass is 228 g/mol. The normalized spacial score (nSPS) is 22.0. The summed E-state index contributed by atoms with van der Waals surface area (Å²) in [6.45, 7) is 4.63. The average molecular weight is 228 g/mol. The van der Waals surface area contributed by atoms with E-state index < -0.39 is 0 Å². The van der Waals surface area contributed by atoms with Crippen LogP contribution in [0.5, 0.6) is 0 Å². The van der Waals surface area contributed by atoms with Gasteiger partial charge in [-0.15, -0.1) is 0 Å². The molecule has 1 rings (SSSR count). The van der Waals surface area contributed by atoms with Gasteiger partial charge in [0, 0.05) is 13.2 Å². The lowest BCUT2D eigenvalue weighted by molar-refractivity contribution is -0.135. The Bertz CT molecular complexity index is 234. The van der Waals surface area contributed by atoms with Gasteiger partial charge in [-0.1, -0.05) is 6.92 Å². The molecule has 0 saturated heterocycles. The van der Waals surface area contributed by atoms with Gasteiger partial charge in [-0.2, -0.15) is 0 Å². The Morgan fingerprint density at radius 2 is 2.12 bits per heavy atom. The lowest BCUT2D eigenvalue weighted by Gasteiger charge is -2.40. The third kappa shape index (κ3) is 3.19. The zero-order valence-electron chi connectivity index (χ0n) is 10.6. The zero-order chi connectivity index (χ0) is 12.2. The molecule has 1 fully saturated rings. The molecule has 2 unspecified atom stereocenters. The fourth-order valence-corrected chi connectivity index (χ4v) is 1.97. The Balaban J connectivity index is 2.35. The van der Waals surface area contributed by atoms with Gasteiger partial charge in [0.15, 0.2) is 0 Å². The number of amides is 1. The van der Waals surface area contributed by atoms with E-state index >= 15 is 0 Å². The molecule has 0 aromatic heterocycles. The summed E-state index contributed by atoms with van der Waals surface area (Å²) in [5, 5.41) is 2.99. The standard InChI is InChI=1S/C12H24N2O2/c1-9(8-13)10(2)14-11(15)7-12(16-3)5-4-6-12/h9-10H,4-8,13H2,1-3H3,(H,14,15). The smallest absolute Gasteiger partial charge is 0.223 e. The van der Waals surface area contributed by atoms with Crippen molar-refractivity contribution in [3.8, 4) is 0 Å². The maximum Gasteiger partial charge on any atom is 0.223 e. The van der Waals surface area contributed by atoms with Crippen LogP contribution in [0.15, 0.2) is 0 Å². The lowest BCUT2D eigenvalue weighted by Crippen LogP contribution is -2.47. The third-order valence-corrected chi connectivity index (χ3v) is 3.79. The summed E-state index contributed by atoms with van der Waals surface area (Å²) in [7, 11) is 1.69. The van der Waals surface area contributed by atoms with Crippen molar-refractivity contribution in [3.63, 3.8) is 0 Å². The molecule has 1 aliphatic carbocycles. The van der Waals surface area contributed by atoms with Gasteiger partial charge >= 0.3 is 0 Å². The van der Waals surface area contributed by atoms with Gasteiger partial charge < -0.3 is 15.8 Å². The van der Waals surface area contributed by atoms with Crippen LogP contribution in [0.2, 0.25) is 0 Å². The van der Waals surface area contributed by atoms with Gasteiger partial charge in [-0.3, -0.25) is 4.79 Å². The number of rotatable bonds is 6. The van der Waals surface area contributed by atoms with Crippen molar-refractivity contribution >= 4 is 5.91 Å². The summed E-state index contributed by atoms with van der Waals surface area (Å²) in [6.07, 6.45) is 3.64. The Morgan fingerprint density at radius 3 is 2.50 bits per heavy atom. The molecule has 4 nitrogen and oxygen atoms in total. The first kappa shape index (κ1) is 13.5. The number of methoxy groups -OCH3 is 1. The van der Waals surface area contributed by atoms with Crippen LogP contribution < -0.4 is 11.1 Å². The van der Waals surface area contributed by atoms with E-state index in [-0.39, 0.29) is 17.6 Å². The summed E-state index contributed by atoms with van der Waals surface area (Å²) in [5.41, 5.74) is 5.38. The number of carbonyl (C=O) groups excluding carboxylic acids is 1. The molecular weight excluding hydrogens is 204 g/mol. The quantitative estimate of drug-likeness (QED) is 0.714. The van der Waals surface area contributed by atoms with Crippen molar-refractivity contribution in [2.75, 3.05) is 13.7 Å². The predicted molar refractivity (Wildman–Crippen MR) is 64.0 cm³/mol. The van der Waals surface area contributed by atoms with Gasteiger partial charge in [-0.05, 0) is 38.6 Å². The molecule has 2 atom stereocenters. The van der Waals surface area contributed by atoms with Crippen LogP contribution in [0, 0.1) is 5.92 Å². The highest BCUT2D eigenvalue weighted by atomic mass is 16.5. The van der Waals surface area contributed by atoms with Crippen LogP contribution in [-0.4, -0.2) is 31.2 Å². The Labute approximate surface area is 97.9 Å². The minimum absolute atomic E-state index is 0.0781. The third-order valence-electron chi connectivity index (χ3n) is 3.79. The second-order valence-corrected chi connectivity index (χ2v) is 4.99. The molecule has 16 heavy (non-hydrogen) atoms. The van der Waals surface area contributed by atoms with Gasteiger partial charge in [0.05, 0.1) is 12.0 Å². The van der Waals surface area contributed by atoms with Gasteiger partial charge in [0.25, 0.3) is 0 Å². The molecule has 0 aliphatic heterocycles. The van der Waals surface area contributed by atoms with Crippen LogP contribution in [0.3, 0.4) is 0 Å². The molecule has 0 aromatic rings. The molecule has 0 spiro atoms. The van der Waals surface area contributed by atoms with E-state index in [2.05, 4.69) is 5.32 Å². The second kappa shape index (κ2) is 5.64. The first-order chi connectivity index (χ1) is 7.53. The van der Waals surface area contributed by atoms with E-state index in [1.807, 2.05) is 13.8 Å². The fraction of sp³-hybridized carbons (Fsp3) is 0.917. The summed E-state index contributed by atoms with van der Waals surface area (Å²) in [4.78, 5) is 11.8. The Morgan fingerprint density at radius 1 is 1.50 bits per heavy atom. The van der Waals surface area contributed by atoms with Crippen molar-refractivity contribution in [2.45, 2.75) is 51.2 Å². The van der Waals surface area contributed by atoms with Gasteiger partial charge in [0.2, 0.25) is 5.91 Å². The summed E-state index contributed by atoms with van der Waals surface area (Å²) >= 11 is 0. The second-order valence-electron chi connectivity index (χ2n) is 4.99. The molecule has 1 saturated carbocycles. The van der Waals surface area contributed by atoms with Crippen LogP contribution in [-0.2, 0) is 9.53 Å². The zero-order valence-corrected chi connectivity index (χ0v) is 10.6. The van der Waals surface area contributed by atoms with Crippen molar-refractivity contribution in [3.05, 3.63) is 0 Å². The van der Waals surface area contributed by atoms with E-state index in [4.69, 9.17) is 10.5 Å². The predicted octanol–water partition coefficient (Wildman–Crippen LogP) is 1.05.